The highest BCUT2D eigenvalue weighted by Gasteiger charge is 2.26. The molecule has 0 radical (unpaired) electrons. The molecule has 3 N–H and O–H groups in total. The lowest BCUT2D eigenvalue weighted by Crippen LogP contribution is -2.40. The molecule has 1 aliphatic carbocycles. The van der Waals surface area contributed by atoms with Crippen molar-refractivity contribution in [2.24, 2.45) is 13.0 Å². The van der Waals surface area contributed by atoms with Crippen LogP contribution in [0.1, 0.15) is 35.5 Å². The zero-order chi connectivity index (χ0) is 31.8. The zero-order valence-corrected chi connectivity index (χ0v) is 25.8. The van der Waals surface area contributed by atoms with Crippen LogP contribution in [0, 0.1) is 18.7 Å². The van der Waals surface area contributed by atoms with Crippen LogP contribution in [-0.2, 0) is 36.7 Å². The minimum atomic E-state index is -4.26. The number of hydrogen-bond donors (Lipinski definition) is 3. The number of aromatic amines is 1. The number of rotatable bonds is 8. The molecule has 0 atom stereocenters. The Hall–Kier alpha value is -4.27. The zero-order valence-electron chi connectivity index (χ0n) is 24.2. The Kier molecular flexibility index (Phi) is 8.77. The summed E-state index contributed by atoms with van der Waals surface area (Å²) in [6.45, 7) is 1.84. The number of H-pyrrole nitrogens is 1. The Morgan fingerprint density at radius 2 is 1.80 bits per heavy atom. The van der Waals surface area contributed by atoms with Gasteiger partial charge in [-0.15, -0.1) is 0 Å². The lowest BCUT2D eigenvalue weighted by atomic mass is 10.1. The van der Waals surface area contributed by atoms with Gasteiger partial charge >= 0.3 is 5.69 Å². The molecule has 44 heavy (non-hydrogen) atoms. The Labute approximate surface area is 256 Å². The molecule has 3 heterocycles. The molecule has 1 aliphatic rings. The third-order valence-corrected chi connectivity index (χ3v) is 8.86. The number of nitrogens with one attached hydrogen (secondary N) is 2. The quantitative estimate of drug-likeness (QED) is 0.216. The predicted octanol–water partition coefficient (Wildman–Crippen LogP) is 3.74. The smallest absolute Gasteiger partial charge is 0.333 e. The van der Waals surface area contributed by atoms with Crippen molar-refractivity contribution in [1.29, 1.82) is 0 Å². The molecule has 232 valence electrons. The minimum Gasteiger partial charge on any atom is -0.388 e. The molecular weight excluding hydrogens is 613 g/mol. The van der Waals surface area contributed by atoms with Crippen LogP contribution in [0.3, 0.4) is 0 Å². The van der Waals surface area contributed by atoms with Gasteiger partial charge in [0.05, 0.1) is 12.2 Å². The van der Waals surface area contributed by atoms with Crippen molar-refractivity contribution in [3.05, 3.63) is 103 Å². The summed E-state index contributed by atoms with van der Waals surface area (Å²) in [7, 11) is -0.908. The average molecular weight is 644 g/mol. The van der Waals surface area contributed by atoms with Crippen LogP contribution in [0.4, 0.5) is 10.1 Å². The number of aromatic nitrogens is 6. The van der Waals surface area contributed by atoms with Gasteiger partial charge in [-0.3, -0.25) is 23.2 Å². The third kappa shape index (κ3) is 6.61. The average Bonchev–Trinajstić information content (AvgIpc) is 3.63. The fraction of sp³-hybridized carbons (Fsp3) is 0.310. The van der Waals surface area contributed by atoms with Gasteiger partial charge in [0.15, 0.2) is 10.5 Å². The number of nitrogens with zero attached hydrogens (tertiary/aromatic N) is 5. The second-order valence-corrected chi connectivity index (χ2v) is 12.3. The lowest BCUT2D eigenvalue weighted by Gasteiger charge is -2.11. The molecule has 1 saturated carbocycles. The van der Waals surface area contributed by atoms with Crippen LogP contribution in [0.25, 0.3) is 11.2 Å². The van der Waals surface area contributed by atoms with Crippen LogP contribution in [-0.4, -0.2) is 48.9 Å². The first-order valence-corrected chi connectivity index (χ1v) is 15.6. The van der Waals surface area contributed by atoms with Crippen LogP contribution < -0.4 is 16.6 Å². The Morgan fingerprint density at radius 3 is 2.34 bits per heavy atom. The van der Waals surface area contributed by atoms with Crippen LogP contribution in [0.5, 0.6) is 0 Å². The summed E-state index contributed by atoms with van der Waals surface area (Å²) in [4.78, 5) is 33.9. The van der Waals surface area contributed by atoms with E-state index >= 15 is 0 Å². The molecule has 0 bridgehead atoms. The van der Waals surface area contributed by atoms with Crippen molar-refractivity contribution < 1.29 is 17.4 Å². The maximum Gasteiger partial charge on any atom is 0.333 e. The highest BCUT2D eigenvalue weighted by molar-refractivity contribution is 7.86. The molecule has 3 aromatic heterocycles. The summed E-state index contributed by atoms with van der Waals surface area (Å²) < 4.78 is 48.2. The fourth-order valence-electron chi connectivity index (χ4n) is 4.84. The molecule has 0 spiro atoms. The number of aryl methyl sites for hydroxylation is 2. The maximum atomic E-state index is 14.2. The Balaban J connectivity index is 0.000000270. The van der Waals surface area contributed by atoms with E-state index in [-0.39, 0.29) is 27.8 Å². The standard InChI is InChI=1S/C24H24FN5O2.C5H7ClN2O3S/c1-26-18-10-8-15(9-11-18)12-20-27-21-22(28-20)29(13-16-6-7-16)24(32)30(23(21)31)14-17-4-2-3-5-19(17)25;1-3-4(12(9,10)11)5(6)8(2)7-3/h2-5,8-11,16,26H,6-7,12-14H2,1H3,(H,27,28);1-2H3,(H,9,10,11). The van der Waals surface area contributed by atoms with Gasteiger partial charge in [-0.2, -0.15) is 13.5 Å². The molecule has 2 aromatic carbocycles. The molecular formula is C29H31ClFN7O5S. The number of benzene rings is 2. The van der Waals surface area contributed by atoms with Crippen molar-refractivity contribution >= 4 is 38.6 Å². The van der Waals surface area contributed by atoms with E-state index in [9.17, 15) is 22.4 Å². The summed E-state index contributed by atoms with van der Waals surface area (Å²) in [5.41, 5.74) is 2.25. The van der Waals surface area contributed by atoms with E-state index in [0.29, 0.717) is 35.9 Å². The molecule has 0 amide bonds. The largest absolute Gasteiger partial charge is 0.388 e. The fourth-order valence-corrected chi connectivity index (χ4v) is 6.07. The first-order valence-electron chi connectivity index (χ1n) is 13.8. The van der Waals surface area contributed by atoms with Gasteiger partial charge in [0.1, 0.15) is 22.3 Å². The number of hydrogen-bond acceptors (Lipinski definition) is 7. The van der Waals surface area contributed by atoms with E-state index in [1.54, 1.807) is 22.8 Å². The van der Waals surface area contributed by atoms with Crippen molar-refractivity contribution in [2.75, 3.05) is 12.4 Å². The van der Waals surface area contributed by atoms with E-state index in [4.69, 9.17) is 16.2 Å². The predicted molar refractivity (Wildman–Crippen MR) is 164 cm³/mol. The molecule has 15 heteroatoms. The Bertz CT molecular complexity index is 2060. The minimum absolute atomic E-state index is 0.0880. The normalized spacial score (nSPS) is 13.1. The monoisotopic (exact) mass is 643 g/mol. The first kappa shape index (κ1) is 31.2. The van der Waals surface area contributed by atoms with E-state index in [0.717, 1.165) is 28.7 Å². The highest BCUT2D eigenvalue weighted by atomic mass is 35.5. The third-order valence-electron chi connectivity index (χ3n) is 7.31. The van der Waals surface area contributed by atoms with Gasteiger partial charge in [-0.1, -0.05) is 41.9 Å². The van der Waals surface area contributed by atoms with Crippen LogP contribution in [0.2, 0.25) is 5.15 Å². The lowest BCUT2D eigenvalue weighted by molar-refractivity contribution is 0.482. The summed E-state index contributed by atoms with van der Waals surface area (Å²) in [5, 5.41) is 6.72. The van der Waals surface area contributed by atoms with Gasteiger partial charge < -0.3 is 10.3 Å². The van der Waals surface area contributed by atoms with Gasteiger partial charge in [-0.05, 0) is 49.4 Å². The number of anilines is 1. The summed E-state index contributed by atoms with van der Waals surface area (Å²) in [6.07, 6.45) is 2.61. The van der Waals surface area contributed by atoms with Gasteiger partial charge in [0.2, 0.25) is 0 Å². The number of imidazole rings is 1. The van der Waals surface area contributed by atoms with Crippen molar-refractivity contribution in [3.63, 3.8) is 0 Å². The Morgan fingerprint density at radius 1 is 1.11 bits per heavy atom. The van der Waals surface area contributed by atoms with Crippen LogP contribution >= 0.6 is 11.6 Å². The molecule has 0 saturated heterocycles. The number of halogens is 2. The van der Waals surface area contributed by atoms with Gasteiger partial charge in [-0.25, -0.2) is 14.2 Å². The molecule has 5 aromatic rings. The SMILES string of the molecule is CNc1ccc(Cc2nc3c([nH]2)c(=O)n(Cc2ccccc2F)c(=O)n3CC2CC2)cc1.Cc1nn(C)c(Cl)c1S(=O)(=O)O. The van der Waals surface area contributed by atoms with E-state index in [1.807, 2.05) is 31.3 Å². The number of fused-ring (bicyclic) bond motifs is 1. The van der Waals surface area contributed by atoms with E-state index < -0.39 is 27.2 Å². The molecule has 0 aliphatic heterocycles. The van der Waals surface area contributed by atoms with Crippen molar-refractivity contribution in [3.8, 4) is 0 Å². The van der Waals surface area contributed by atoms with Crippen molar-refractivity contribution in [2.45, 2.75) is 44.2 Å². The van der Waals surface area contributed by atoms with E-state index in [1.165, 1.54) is 24.7 Å². The second kappa shape index (κ2) is 12.4. The van der Waals surface area contributed by atoms with Crippen molar-refractivity contribution in [1.82, 2.24) is 28.9 Å². The molecule has 12 nitrogen and oxygen atoms in total. The van der Waals surface area contributed by atoms with Gasteiger partial charge in [0, 0.05) is 38.3 Å². The molecule has 1 fully saturated rings. The first-order chi connectivity index (χ1) is 20.9. The maximum absolute atomic E-state index is 14.2. The van der Waals surface area contributed by atoms with Crippen LogP contribution in [0.15, 0.2) is 63.0 Å². The molecule has 6 rings (SSSR count). The summed E-state index contributed by atoms with van der Waals surface area (Å²) >= 11 is 5.56. The molecule has 0 unspecified atom stereocenters. The second-order valence-electron chi connectivity index (χ2n) is 10.6. The summed E-state index contributed by atoms with van der Waals surface area (Å²) in [5.74, 6) is 0.578. The van der Waals surface area contributed by atoms with Gasteiger partial charge in [0.25, 0.3) is 15.7 Å². The summed E-state index contributed by atoms with van der Waals surface area (Å²) in [6, 6.07) is 14.1. The topological polar surface area (TPSA) is 157 Å². The van der Waals surface area contributed by atoms with E-state index in [2.05, 4.69) is 20.4 Å². The highest BCUT2D eigenvalue weighted by Crippen LogP contribution is 2.30.